The Kier molecular flexibility index (Phi) is 7.54. The zero-order valence-corrected chi connectivity index (χ0v) is 23.4. The summed E-state index contributed by atoms with van der Waals surface area (Å²) in [6, 6.07) is 3.27. The fourth-order valence-electron chi connectivity index (χ4n) is 5.85. The van der Waals surface area contributed by atoms with E-state index in [1.165, 1.54) is 0 Å². The van der Waals surface area contributed by atoms with Gasteiger partial charge in [-0.2, -0.15) is 0 Å². The van der Waals surface area contributed by atoms with Gasteiger partial charge in [-0.05, 0) is 41.4 Å². The predicted octanol–water partition coefficient (Wildman–Crippen LogP) is 5.79. The van der Waals surface area contributed by atoms with Crippen LogP contribution in [0, 0.1) is 10.8 Å². The molecule has 9 heteroatoms. The van der Waals surface area contributed by atoms with Gasteiger partial charge in [0.1, 0.15) is 0 Å². The maximum atomic E-state index is 13.8. The summed E-state index contributed by atoms with van der Waals surface area (Å²) in [5.41, 5.74) is 3.20. The average molecular weight is 550 g/mol. The molecule has 1 aromatic carbocycles. The summed E-state index contributed by atoms with van der Waals surface area (Å²) >= 11 is 13.0. The molecule has 2 aliphatic carbocycles. The molecule has 0 unspecified atom stereocenters. The summed E-state index contributed by atoms with van der Waals surface area (Å²) in [5.74, 6) is -1.71. The fourth-order valence-corrected chi connectivity index (χ4v) is 6.46. The average Bonchev–Trinajstić information content (AvgIpc) is 2.74. The topological polar surface area (TPSA) is 93.1 Å². The van der Waals surface area contributed by atoms with Gasteiger partial charge < -0.3 is 19.5 Å². The number of nitrogens with zero attached hydrogens (tertiary/aromatic N) is 1. The number of Topliss-reactive ketones (excluding diaryl/α,β-unsaturated/α-hetero) is 2. The Hall–Kier alpha value is -2.35. The number of carbonyl (C=O) groups is 3. The quantitative estimate of drug-likeness (QED) is 0.460. The molecule has 0 amide bonds. The van der Waals surface area contributed by atoms with E-state index in [-0.39, 0.29) is 38.2 Å². The Bertz CT molecular complexity index is 1150. The lowest BCUT2D eigenvalue weighted by Gasteiger charge is -2.49. The highest BCUT2D eigenvalue weighted by Gasteiger charge is 2.49. The summed E-state index contributed by atoms with van der Waals surface area (Å²) in [4.78, 5) is 40.7. The molecule has 7 nitrogen and oxygen atoms in total. The third-order valence-electron chi connectivity index (χ3n) is 7.23. The second kappa shape index (κ2) is 10.1. The van der Waals surface area contributed by atoms with Crippen LogP contribution in [0.3, 0.4) is 0 Å². The number of hydrogen-bond donors (Lipinski definition) is 1. The minimum absolute atomic E-state index is 0.00120. The van der Waals surface area contributed by atoms with Crippen LogP contribution in [-0.2, 0) is 19.1 Å². The van der Waals surface area contributed by atoms with Gasteiger partial charge in [0.2, 0.25) is 0 Å². The van der Waals surface area contributed by atoms with Crippen molar-refractivity contribution in [2.75, 3.05) is 26.9 Å². The van der Waals surface area contributed by atoms with E-state index >= 15 is 0 Å². The van der Waals surface area contributed by atoms with E-state index in [4.69, 9.17) is 37.8 Å². The lowest BCUT2D eigenvalue weighted by molar-refractivity contribution is -0.139. The Labute approximate surface area is 227 Å². The number of aliphatic carboxylic acids is 1. The van der Waals surface area contributed by atoms with Crippen LogP contribution in [0.1, 0.15) is 64.9 Å². The predicted molar refractivity (Wildman–Crippen MR) is 141 cm³/mol. The van der Waals surface area contributed by atoms with Crippen molar-refractivity contribution in [3.05, 3.63) is 50.3 Å². The van der Waals surface area contributed by atoms with E-state index in [2.05, 4.69) is 32.6 Å². The second-order valence-corrected chi connectivity index (χ2v) is 12.5. The molecule has 0 atom stereocenters. The van der Waals surface area contributed by atoms with E-state index < -0.39 is 18.5 Å². The van der Waals surface area contributed by atoms with Gasteiger partial charge in [0.05, 0.1) is 16.7 Å². The number of ketones is 2. The minimum atomic E-state index is -1.16. The lowest BCUT2D eigenvalue weighted by atomic mass is 9.63. The summed E-state index contributed by atoms with van der Waals surface area (Å²) in [6.07, 6.45) is 2.09. The Balaban J connectivity index is 1.94. The number of hydrogen-bond acceptors (Lipinski definition) is 6. The van der Waals surface area contributed by atoms with Crippen molar-refractivity contribution >= 4 is 40.7 Å². The highest BCUT2D eigenvalue weighted by Crippen LogP contribution is 2.55. The largest absolute Gasteiger partial charge is 0.479 e. The third-order valence-corrected chi connectivity index (χ3v) is 7.80. The molecule has 0 radical (unpaired) electrons. The zero-order chi connectivity index (χ0) is 27.3. The molecular weight excluding hydrogens is 517 g/mol. The van der Waals surface area contributed by atoms with E-state index in [9.17, 15) is 14.4 Å². The van der Waals surface area contributed by atoms with Gasteiger partial charge in [0.15, 0.2) is 23.9 Å². The van der Waals surface area contributed by atoms with Crippen LogP contribution in [0.4, 0.5) is 0 Å². The van der Waals surface area contributed by atoms with Crippen molar-refractivity contribution in [3.63, 3.8) is 0 Å². The number of halogens is 2. The first-order chi connectivity index (χ1) is 17.2. The molecule has 1 N–H and O–H groups in total. The number of carboxylic acid groups (broad SMARTS) is 1. The van der Waals surface area contributed by atoms with E-state index in [1.807, 2.05) is 0 Å². The van der Waals surface area contributed by atoms with Crippen LogP contribution in [0.2, 0.25) is 10.0 Å². The molecule has 3 aliphatic rings. The number of rotatable bonds is 7. The van der Waals surface area contributed by atoms with Crippen LogP contribution < -0.4 is 4.74 Å². The first-order valence-corrected chi connectivity index (χ1v) is 13.1. The fraction of sp³-hybridized carbons (Fsp3) is 0.536. The molecule has 0 spiro atoms. The number of ether oxygens (including phenoxy) is 2. The van der Waals surface area contributed by atoms with Gasteiger partial charge in [-0.15, -0.1) is 0 Å². The summed E-state index contributed by atoms with van der Waals surface area (Å²) in [5, 5.41) is 9.24. The molecule has 0 saturated carbocycles. The molecule has 0 bridgehead atoms. The number of allylic oxidation sites excluding steroid dienone is 4. The van der Waals surface area contributed by atoms with E-state index in [1.54, 1.807) is 19.2 Å². The van der Waals surface area contributed by atoms with Crippen molar-refractivity contribution in [2.45, 2.75) is 59.3 Å². The molecule has 0 aromatic heterocycles. The molecular formula is C28H33Cl2NO6. The van der Waals surface area contributed by atoms with Crippen molar-refractivity contribution in [1.82, 2.24) is 4.90 Å². The van der Waals surface area contributed by atoms with Crippen molar-refractivity contribution in [1.29, 1.82) is 0 Å². The number of benzene rings is 1. The van der Waals surface area contributed by atoms with Crippen LogP contribution in [0.25, 0.3) is 0 Å². The number of carboxylic acids is 1. The molecule has 37 heavy (non-hydrogen) atoms. The summed E-state index contributed by atoms with van der Waals surface area (Å²) < 4.78 is 10.7. The Morgan fingerprint density at radius 3 is 1.89 bits per heavy atom. The molecule has 4 rings (SSSR count). The second-order valence-electron chi connectivity index (χ2n) is 11.7. The number of methoxy groups -OCH3 is 1. The smallest absolute Gasteiger partial charge is 0.341 e. The maximum Gasteiger partial charge on any atom is 0.341 e. The van der Waals surface area contributed by atoms with E-state index in [0.717, 1.165) is 11.4 Å². The monoisotopic (exact) mass is 549 g/mol. The van der Waals surface area contributed by atoms with Gasteiger partial charge >= 0.3 is 5.97 Å². The first-order valence-electron chi connectivity index (χ1n) is 12.4. The van der Waals surface area contributed by atoms with Crippen LogP contribution in [0.15, 0.2) is 34.7 Å². The van der Waals surface area contributed by atoms with Crippen molar-refractivity contribution in [2.24, 2.45) is 10.8 Å². The van der Waals surface area contributed by atoms with Crippen LogP contribution in [0.5, 0.6) is 5.75 Å². The SMILES string of the molecule is COCCN1C2=C(C(=O)CC(C)(C)C2)C(c2cc(Cl)c(OCC(=O)O)c(Cl)c2)C2=C1CC(C)(C)CC2=O. The molecule has 200 valence electrons. The molecule has 0 saturated heterocycles. The standard InChI is InChI=1S/C28H33Cl2NO6/c1-27(2)10-18-24(20(32)12-27)23(15-8-16(29)26(17(30)9-15)37-14-22(34)35)25-19(31(18)6-7-36-5)11-28(3,4)13-21(25)33/h8-9,23H,6-7,10-14H2,1-5H3,(H,34,35). The Morgan fingerprint density at radius 1 is 0.973 bits per heavy atom. The van der Waals surface area contributed by atoms with Gasteiger partial charge in [-0.25, -0.2) is 4.79 Å². The lowest BCUT2D eigenvalue weighted by Crippen LogP contribution is -2.45. The minimum Gasteiger partial charge on any atom is -0.479 e. The molecule has 1 heterocycles. The van der Waals surface area contributed by atoms with Gasteiger partial charge in [0, 0.05) is 55.0 Å². The first kappa shape index (κ1) is 27.7. The molecule has 1 aromatic rings. The highest BCUT2D eigenvalue weighted by atomic mass is 35.5. The van der Waals surface area contributed by atoms with Crippen LogP contribution in [-0.4, -0.2) is 54.4 Å². The Morgan fingerprint density at radius 2 is 1.46 bits per heavy atom. The van der Waals surface area contributed by atoms with Gasteiger partial charge in [-0.3, -0.25) is 9.59 Å². The third kappa shape index (κ3) is 5.45. The van der Waals surface area contributed by atoms with Gasteiger partial charge in [-0.1, -0.05) is 50.9 Å². The highest BCUT2D eigenvalue weighted by molar-refractivity contribution is 6.37. The van der Waals surface area contributed by atoms with E-state index in [0.29, 0.717) is 55.5 Å². The maximum absolute atomic E-state index is 13.8. The zero-order valence-electron chi connectivity index (χ0n) is 21.9. The number of carbonyl (C=O) groups excluding carboxylic acids is 2. The molecule has 1 aliphatic heterocycles. The summed E-state index contributed by atoms with van der Waals surface area (Å²) in [6.45, 7) is 8.73. The van der Waals surface area contributed by atoms with Gasteiger partial charge in [0.25, 0.3) is 0 Å². The van der Waals surface area contributed by atoms with Crippen molar-refractivity contribution < 1.29 is 29.0 Å². The molecule has 0 fully saturated rings. The van der Waals surface area contributed by atoms with Crippen molar-refractivity contribution in [3.8, 4) is 5.75 Å². The normalized spacial score (nSPS) is 21.2. The summed E-state index contributed by atoms with van der Waals surface area (Å²) in [7, 11) is 1.64. The van der Waals surface area contributed by atoms with Crippen LogP contribution >= 0.6 is 23.2 Å².